The van der Waals surface area contributed by atoms with Gasteiger partial charge >= 0.3 is 0 Å². The standard InChI is InChI=1S/C25H27N5O3S/c1-34(31,32)22-7-4-6-19(18-22)23-8-5-9-24-27-25(28-30(23)24)26-20-10-12-21(13-11-20)33-17-16-29-14-2-3-15-29/h4-13,18H,2-3,14-17H2,1H3,(H,26,28). The lowest BCUT2D eigenvalue weighted by Crippen LogP contribution is -2.25. The van der Waals surface area contributed by atoms with Crippen LogP contribution in [0.2, 0.25) is 0 Å². The fourth-order valence-corrected chi connectivity index (χ4v) is 4.79. The minimum Gasteiger partial charge on any atom is -0.492 e. The highest BCUT2D eigenvalue weighted by Crippen LogP contribution is 2.25. The fraction of sp³-hybridized carbons (Fsp3) is 0.280. The molecule has 0 atom stereocenters. The molecule has 0 spiro atoms. The van der Waals surface area contributed by atoms with Crippen LogP contribution >= 0.6 is 0 Å². The number of hydrogen-bond donors (Lipinski definition) is 1. The van der Waals surface area contributed by atoms with E-state index in [2.05, 4.69) is 20.3 Å². The quantitative estimate of drug-likeness (QED) is 0.410. The SMILES string of the molecule is CS(=O)(=O)c1cccc(-c2cccc3nc(Nc4ccc(OCCN5CCCC5)cc4)nn23)c1. The molecule has 0 unspecified atom stereocenters. The molecule has 1 aliphatic heterocycles. The van der Waals surface area contributed by atoms with Crippen molar-refractivity contribution >= 4 is 27.1 Å². The summed E-state index contributed by atoms with van der Waals surface area (Å²) in [5.41, 5.74) is 3.01. The lowest BCUT2D eigenvalue weighted by molar-refractivity contribution is 0.238. The molecule has 0 amide bonds. The van der Waals surface area contributed by atoms with E-state index in [1.165, 1.54) is 32.2 Å². The van der Waals surface area contributed by atoms with Gasteiger partial charge in [0.15, 0.2) is 15.5 Å². The summed E-state index contributed by atoms with van der Waals surface area (Å²) in [7, 11) is -3.31. The van der Waals surface area contributed by atoms with E-state index in [1.54, 1.807) is 22.7 Å². The van der Waals surface area contributed by atoms with Crippen LogP contribution in [0.3, 0.4) is 0 Å². The molecule has 2 aromatic heterocycles. The number of hydrogen-bond acceptors (Lipinski definition) is 7. The van der Waals surface area contributed by atoms with E-state index >= 15 is 0 Å². The van der Waals surface area contributed by atoms with Crippen LogP contribution in [-0.2, 0) is 9.84 Å². The predicted molar refractivity (Wildman–Crippen MR) is 132 cm³/mol. The third-order valence-electron chi connectivity index (χ3n) is 5.90. The molecule has 0 radical (unpaired) electrons. The minimum absolute atomic E-state index is 0.267. The number of likely N-dealkylation sites (tertiary alicyclic amines) is 1. The number of anilines is 2. The number of ether oxygens (including phenoxy) is 1. The molecule has 0 aliphatic carbocycles. The van der Waals surface area contributed by atoms with Gasteiger partial charge in [0.2, 0.25) is 5.95 Å². The van der Waals surface area contributed by atoms with E-state index in [4.69, 9.17) is 4.74 Å². The zero-order valence-electron chi connectivity index (χ0n) is 19.0. The minimum atomic E-state index is -3.31. The summed E-state index contributed by atoms with van der Waals surface area (Å²) in [5.74, 6) is 1.29. The first-order valence-corrected chi connectivity index (χ1v) is 13.2. The maximum atomic E-state index is 12.0. The second kappa shape index (κ2) is 9.44. The predicted octanol–water partition coefficient (Wildman–Crippen LogP) is 4.02. The first-order chi connectivity index (χ1) is 16.5. The molecule has 1 N–H and O–H groups in total. The maximum absolute atomic E-state index is 12.0. The number of nitrogens with zero attached hydrogens (tertiary/aromatic N) is 4. The Bertz CT molecular complexity index is 1390. The summed E-state index contributed by atoms with van der Waals surface area (Å²) >= 11 is 0. The number of benzene rings is 2. The Morgan fingerprint density at radius 3 is 2.53 bits per heavy atom. The van der Waals surface area contributed by atoms with Gasteiger partial charge in [0.05, 0.1) is 10.6 Å². The third kappa shape index (κ3) is 5.05. The van der Waals surface area contributed by atoms with Gasteiger partial charge in [0.1, 0.15) is 12.4 Å². The Morgan fingerprint density at radius 1 is 1.00 bits per heavy atom. The van der Waals surface area contributed by atoms with Gasteiger partial charge in [-0.3, -0.25) is 4.90 Å². The highest BCUT2D eigenvalue weighted by atomic mass is 32.2. The van der Waals surface area contributed by atoms with Crippen molar-refractivity contribution in [2.75, 3.05) is 37.8 Å². The topological polar surface area (TPSA) is 88.8 Å². The molecule has 8 nitrogen and oxygen atoms in total. The first kappa shape index (κ1) is 22.4. The zero-order chi connectivity index (χ0) is 23.5. The molecule has 176 valence electrons. The molecule has 34 heavy (non-hydrogen) atoms. The Morgan fingerprint density at radius 2 is 1.76 bits per heavy atom. The van der Waals surface area contributed by atoms with Crippen LogP contribution in [-0.4, -0.2) is 60.4 Å². The van der Waals surface area contributed by atoms with Crippen LogP contribution in [0.25, 0.3) is 16.9 Å². The van der Waals surface area contributed by atoms with Gasteiger partial charge in [-0.15, -0.1) is 5.10 Å². The summed E-state index contributed by atoms with van der Waals surface area (Å²) in [6.45, 7) is 3.98. The van der Waals surface area contributed by atoms with E-state index in [-0.39, 0.29) is 4.90 Å². The highest BCUT2D eigenvalue weighted by molar-refractivity contribution is 7.90. The van der Waals surface area contributed by atoms with Crippen molar-refractivity contribution in [1.82, 2.24) is 19.5 Å². The van der Waals surface area contributed by atoms with Crippen LogP contribution in [0.5, 0.6) is 5.75 Å². The lowest BCUT2D eigenvalue weighted by Gasteiger charge is -2.15. The number of nitrogens with one attached hydrogen (secondary N) is 1. The first-order valence-electron chi connectivity index (χ1n) is 11.3. The van der Waals surface area contributed by atoms with Crippen LogP contribution in [0.1, 0.15) is 12.8 Å². The molecular weight excluding hydrogens is 450 g/mol. The van der Waals surface area contributed by atoms with E-state index in [9.17, 15) is 8.42 Å². The summed E-state index contributed by atoms with van der Waals surface area (Å²) < 4.78 is 31.5. The van der Waals surface area contributed by atoms with Crippen LogP contribution < -0.4 is 10.1 Å². The molecule has 3 heterocycles. The van der Waals surface area contributed by atoms with E-state index in [0.29, 0.717) is 18.2 Å². The second-order valence-corrected chi connectivity index (χ2v) is 10.5. The van der Waals surface area contributed by atoms with Crippen LogP contribution in [0, 0.1) is 0 Å². The normalized spacial score (nSPS) is 14.5. The van der Waals surface area contributed by atoms with Crippen molar-refractivity contribution in [2.24, 2.45) is 0 Å². The third-order valence-corrected chi connectivity index (χ3v) is 7.01. The van der Waals surface area contributed by atoms with Crippen molar-refractivity contribution in [1.29, 1.82) is 0 Å². The zero-order valence-corrected chi connectivity index (χ0v) is 19.8. The molecule has 9 heteroatoms. The van der Waals surface area contributed by atoms with Crippen molar-refractivity contribution in [3.8, 4) is 17.0 Å². The van der Waals surface area contributed by atoms with E-state index < -0.39 is 9.84 Å². The van der Waals surface area contributed by atoms with Gasteiger partial charge in [-0.25, -0.2) is 12.9 Å². The molecule has 4 aromatic rings. The molecule has 1 aliphatic rings. The van der Waals surface area contributed by atoms with Crippen molar-refractivity contribution in [2.45, 2.75) is 17.7 Å². The lowest BCUT2D eigenvalue weighted by atomic mass is 10.1. The molecule has 0 saturated carbocycles. The Hall–Kier alpha value is -3.43. The Balaban J connectivity index is 1.31. The average molecular weight is 478 g/mol. The summed E-state index contributed by atoms with van der Waals surface area (Å²) in [5, 5.41) is 7.83. The number of sulfone groups is 1. The summed E-state index contributed by atoms with van der Waals surface area (Å²) in [4.78, 5) is 7.26. The molecule has 0 bridgehead atoms. The van der Waals surface area contributed by atoms with Crippen LogP contribution in [0.4, 0.5) is 11.6 Å². The van der Waals surface area contributed by atoms with Crippen molar-refractivity contribution < 1.29 is 13.2 Å². The highest BCUT2D eigenvalue weighted by Gasteiger charge is 2.13. The average Bonchev–Trinajstić information content (AvgIpc) is 3.49. The number of pyridine rings is 1. The van der Waals surface area contributed by atoms with Gasteiger partial charge in [-0.1, -0.05) is 18.2 Å². The van der Waals surface area contributed by atoms with Gasteiger partial charge in [-0.2, -0.15) is 4.98 Å². The van der Waals surface area contributed by atoms with E-state index in [0.717, 1.165) is 29.2 Å². The van der Waals surface area contributed by atoms with Crippen molar-refractivity contribution in [3.05, 3.63) is 66.7 Å². The number of rotatable bonds is 8. The van der Waals surface area contributed by atoms with Gasteiger partial charge in [-0.05, 0) is 74.5 Å². The smallest absolute Gasteiger partial charge is 0.247 e. The van der Waals surface area contributed by atoms with Crippen LogP contribution in [0.15, 0.2) is 71.6 Å². The fourth-order valence-electron chi connectivity index (χ4n) is 4.13. The van der Waals surface area contributed by atoms with E-state index in [1.807, 2.05) is 48.5 Å². The van der Waals surface area contributed by atoms with Crippen molar-refractivity contribution in [3.63, 3.8) is 0 Å². The molecule has 5 rings (SSSR count). The Labute approximate surface area is 199 Å². The summed E-state index contributed by atoms with van der Waals surface area (Å²) in [6, 6.07) is 20.2. The number of fused-ring (bicyclic) bond motifs is 1. The molecular formula is C25H27N5O3S. The Kier molecular flexibility index (Phi) is 6.21. The molecule has 1 saturated heterocycles. The number of aromatic nitrogens is 3. The second-order valence-electron chi connectivity index (χ2n) is 8.46. The maximum Gasteiger partial charge on any atom is 0.247 e. The molecule has 2 aromatic carbocycles. The monoisotopic (exact) mass is 477 g/mol. The summed E-state index contributed by atoms with van der Waals surface area (Å²) in [6.07, 6.45) is 3.77. The molecule has 1 fully saturated rings. The van der Waals surface area contributed by atoms with Gasteiger partial charge < -0.3 is 10.1 Å². The van der Waals surface area contributed by atoms with Gasteiger partial charge in [0, 0.05) is 24.1 Å². The van der Waals surface area contributed by atoms with Gasteiger partial charge in [0.25, 0.3) is 0 Å². The largest absolute Gasteiger partial charge is 0.492 e.